The van der Waals surface area contributed by atoms with E-state index in [1.165, 1.54) is 0 Å². The predicted molar refractivity (Wildman–Crippen MR) is 39.6 cm³/mol. The van der Waals surface area contributed by atoms with Gasteiger partial charge in [0.15, 0.2) is 11.6 Å². The quantitative estimate of drug-likeness (QED) is 0.795. The molecule has 0 saturated carbocycles. The summed E-state index contributed by atoms with van der Waals surface area (Å²) in [5, 5.41) is 8.77. The van der Waals surface area contributed by atoms with Crippen molar-refractivity contribution in [2.45, 2.75) is 6.43 Å². The third-order valence-corrected chi connectivity index (χ3v) is 1.28. The Hall–Kier alpha value is -1.39. The Balaban J connectivity index is 2.67. The molecule has 0 aliphatic heterocycles. The Morgan fingerprint density at radius 3 is 2.62 bits per heavy atom. The minimum absolute atomic E-state index is 0.276. The number of alkyl halides is 2. The third-order valence-electron chi connectivity index (χ3n) is 1.28. The summed E-state index contributed by atoms with van der Waals surface area (Å²) >= 11 is 0. The van der Waals surface area contributed by atoms with Gasteiger partial charge < -0.3 is 9.84 Å². The lowest BCUT2D eigenvalue weighted by molar-refractivity contribution is 0.0799. The van der Waals surface area contributed by atoms with Gasteiger partial charge in [-0.25, -0.2) is 13.2 Å². The van der Waals surface area contributed by atoms with Gasteiger partial charge >= 0.3 is 0 Å². The molecule has 0 radical (unpaired) electrons. The number of aromatic hydroxyl groups is 1. The Morgan fingerprint density at radius 1 is 1.38 bits per heavy atom. The van der Waals surface area contributed by atoms with E-state index in [2.05, 4.69) is 4.74 Å². The second-order valence-electron chi connectivity index (χ2n) is 2.32. The van der Waals surface area contributed by atoms with Crippen LogP contribution in [0.3, 0.4) is 0 Å². The average molecular weight is 192 g/mol. The van der Waals surface area contributed by atoms with Crippen LogP contribution in [0.4, 0.5) is 13.2 Å². The van der Waals surface area contributed by atoms with E-state index < -0.39 is 18.8 Å². The first-order valence-electron chi connectivity index (χ1n) is 3.49. The van der Waals surface area contributed by atoms with Crippen LogP contribution in [-0.2, 0) is 0 Å². The van der Waals surface area contributed by atoms with E-state index in [1.54, 1.807) is 0 Å². The monoisotopic (exact) mass is 192 g/mol. The molecule has 0 spiro atoms. The molecule has 0 amide bonds. The molecule has 0 saturated heterocycles. The molecule has 13 heavy (non-hydrogen) atoms. The Morgan fingerprint density at radius 2 is 2.08 bits per heavy atom. The van der Waals surface area contributed by atoms with Gasteiger partial charge in [0.05, 0.1) is 0 Å². The summed E-state index contributed by atoms with van der Waals surface area (Å²) in [7, 11) is 0. The zero-order valence-electron chi connectivity index (χ0n) is 6.51. The molecule has 0 aliphatic rings. The SMILES string of the molecule is Oc1ccc(OCC(F)F)c(F)c1. The van der Waals surface area contributed by atoms with Crippen molar-refractivity contribution >= 4 is 0 Å². The van der Waals surface area contributed by atoms with Crippen molar-refractivity contribution in [2.24, 2.45) is 0 Å². The summed E-state index contributed by atoms with van der Waals surface area (Å²) < 4.78 is 40.5. The van der Waals surface area contributed by atoms with Crippen LogP contribution in [0.1, 0.15) is 0 Å². The van der Waals surface area contributed by atoms with Crippen LogP contribution >= 0.6 is 0 Å². The van der Waals surface area contributed by atoms with E-state index in [1.807, 2.05) is 0 Å². The fourth-order valence-corrected chi connectivity index (χ4v) is 0.760. The van der Waals surface area contributed by atoms with E-state index in [-0.39, 0.29) is 11.5 Å². The summed E-state index contributed by atoms with van der Waals surface area (Å²) in [5.74, 6) is -1.43. The van der Waals surface area contributed by atoms with Gasteiger partial charge in [0, 0.05) is 6.07 Å². The lowest BCUT2D eigenvalue weighted by atomic mass is 10.3. The summed E-state index contributed by atoms with van der Waals surface area (Å²) in [6.45, 7) is -0.859. The Labute approximate surface area is 72.6 Å². The lowest BCUT2D eigenvalue weighted by Gasteiger charge is -2.05. The molecule has 0 unspecified atom stereocenters. The fraction of sp³-hybridized carbons (Fsp3) is 0.250. The maximum atomic E-state index is 12.8. The maximum absolute atomic E-state index is 12.8. The molecule has 2 nitrogen and oxygen atoms in total. The molecule has 0 aliphatic carbocycles. The molecule has 1 aromatic carbocycles. The first-order chi connectivity index (χ1) is 6.09. The number of phenols is 1. The zero-order chi connectivity index (χ0) is 9.84. The molecular formula is C8H7F3O2. The van der Waals surface area contributed by atoms with Crippen LogP contribution in [0.25, 0.3) is 0 Å². The van der Waals surface area contributed by atoms with E-state index in [4.69, 9.17) is 5.11 Å². The van der Waals surface area contributed by atoms with Crippen molar-refractivity contribution in [1.29, 1.82) is 0 Å². The molecule has 0 fully saturated rings. The third kappa shape index (κ3) is 2.85. The second kappa shape index (κ2) is 4.02. The smallest absolute Gasteiger partial charge is 0.272 e. The summed E-state index contributed by atoms with van der Waals surface area (Å²) in [4.78, 5) is 0. The number of ether oxygens (including phenoxy) is 1. The van der Waals surface area contributed by atoms with Crippen LogP contribution in [-0.4, -0.2) is 18.1 Å². The van der Waals surface area contributed by atoms with Gasteiger partial charge in [-0.15, -0.1) is 0 Å². The van der Waals surface area contributed by atoms with E-state index in [0.29, 0.717) is 0 Å². The number of benzene rings is 1. The zero-order valence-corrected chi connectivity index (χ0v) is 6.51. The van der Waals surface area contributed by atoms with Gasteiger partial charge in [0.1, 0.15) is 12.4 Å². The highest BCUT2D eigenvalue weighted by molar-refractivity contribution is 5.32. The van der Waals surface area contributed by atoms with Crippen molar-refractivity contribution in [3.63, 3.8) is 0 Å². The molecule has 5 heteroatoms. The Bertz CT molecular complexity index is 289. The van der Waals surface area contributed by atoms with Gasteiger partial charge in [0.25, 0.3) is 6.43 Å². The standard InChI is InChI=1S/C8H7F3O2/c9-6-3-5(12)1-2-7(6)13-4-8(10)11/h1-3,8,12H,4H2. The highest BCUT2D eigenvalue weighted by Gasteiger charge is 2.07. The minimum atomic E-state index is -2.65. The summed E-state index contributed by atoms with van der Waals surface area (Å²) in [5.41, 5.74) is 0. The number of halogens is 3. The number of hydrogen-bond acceptors (Lipinski definition) is 2. The molecule has 72 valence electrons. The average Bonchev–Trinajstić information content (AvgIpc) is 2.02. The van der Waals surface area contributed by atoms with Gasteiger partial charge in [-0.05, 0) is 12.1 Å². The van der Waals surface area contributed by atoms with Crippen LogP contribution < -0.4 is 4.74 Å². The van der Waals surface area contributed by atoms with Crippen LogP contribution in [0.2, 0.25) is 0 Å². The first-order valence-corrected chi connectivity index (χ1v) is 3.49. The van der Waals surface area contributed by atoms with Crippen molar-refractivity contribution in [3.8, 4) is 11.5 Å². The number of hydrogen-bond donors (Lipinski definition) is 1. The molecule has 0 aromatic heterocycles. The molecule has 0 heterocycles. The van der Waals surface area contributed by atoms with Crippen molar-refractivity contribution < 1.29 is 23.0 Å². The lowest BCUT2D eigenvalue weighted by Crippen LogP contribution is -2.07. The minimum Gasteiger partial charge on any atom is -0.508 e. The number of rotatable bonds is 3. The normalized spacial score (nSPS) is 10.5. The highest BCUT2D eigenvalue weighted by atomic mass is 19.3. The predicted octanol–water partition coefficient (Wildman–Crippen LogP) is 2.18. The van der Waals surface area contributed by atoms with Crippen molar-refractivity contribution in [1.82, 2.24) is 0 Å². The molecule has 1 rings (SSSR count). The molecule has 0 atom stereocenters. The van der Waals surface area contributed by atoms with Crippen LogP contribution in [0, 0.1) is 5.82 Å². The molecular weight excluding hydrogens is 185 g/mol. The number of phenolic OH excluding ortho intramolecular Hbond substituents is 1. The van der Waals surface area contributed by atoms with Gasteiger partial charge in [-0.2, -0.15) is 0 Å². The first kappa shape index (κ1) is 9.70. The van der Waals surface area contributed by atoms with Gasteiger partial charge in [-0.1, -0.05) is 0 Å². The van der Waals surface area contributed by atoms with Gasteiger partial charge in [0.2, 0.25) is 0 Å². The van der Waals surface area contributed by atoms with Crippen molar-refractivity contribution in [3.05, 3.63) is 24.0 Å². The summed E-state index contributed by atoms with van der Waals surface area (Å²) in [6, 6.07) is 3.04. The van der Waals surface area contributed by atoms with Crippen LogP contribution in [0.15, 0.2) is 18.2 Å². The Kier molecular flexibility index (Phi) is 3.00. The maximum Gasteiger partial charge on any atom is 0.272 e. The van der Waals surface area contributed by atoms with E-state index >= 15 is 0 Å². The fourth-order valence-electron chi connectivity index (χ4n) is 0.760. The largest absolute Gasteiger partial charge is 0.508 e. The highest BCUT2D eigenvalue weighted by Crippen LogP contribution is 2.21. The second-order valence-corrected chi connectivity index (χ2v) is 2.32. The van der Waals surface area contributed by atoms with E-state index in [9.17, 15) is 13.2 Å². The summed E-state index contributed by atoms with van der Waals surface area (Å²) in [6.07, 6.45) is -2.65. The molecule has 0 bridgehead atoms. The van der Waals surface area contributed by atoms with E-state index in [0.717, 1.165) is 18.2 Å². The van der Waals surface area contributed by atoms with Crippen LogP contribution in [0.5, 0.6) is 11.5 Å². The van der Waals surface area contributed by atoms with Crippen molar-refractivity contribution in [2.75, 3.05) is 6.61 Å². The molecule has 1 aromatic rings. The topological polar surface area (TPSA) is 29.5 Å². The van der Waals surface area contributed by atoms with Gasteiger partial charge in [-0.3, -0.25) is 0 Å². The molecule has 1 N–H and O–H groups in total.